The summed E-state index contributed by atoms with van der Waals surface area (Å²) in [6.07, 6.45) is 1.52. The summed E-state index contributed by atoms with van der Waals surface area (Å²) in [5.41, 5.74) is 0. The molecule has 0 spiro atoms. The van der Waals surface area contributed by atoms with Gasteiger partial charge in [0.2, 0.25) is 0 Å². The van der Waals surface area contributed by atoms with Crippen molar-refractivity contribution in [3.63, 3.8) is 0 Å². The Morgan fingerprint density at radius 1 is 1.36 bits per heavy atom. The molecule has 0 aromatic carbocycles. The summed E-state index contributed by atoms with van der Waals surface area (Å²) >= 11 is 1.63. The molecule has 2 unspecified atom stereocenters. The van der Waals surface area contributed by atoms with Crippen LogP contribution in [0.3, 0.4) is 0 Å². The SMILES string of the molecule is CC(C)CC(NC(=O)NCC(O)c1ccco1)c1cccs1. The van der Waals surface area contributed by atoms with Gasteiger partial charge in [0.15, 0.2) is 0 Å². The molecule has 2 atom stereocenters. The van der Waals surface area contributed by atoms with Crippen LogP contribution in [0.5, 0.6) is 0 Å². The molecular weight excluding hydrogens is 300 g/mol. The standard InChI is InChI=1S/C16H22N2O3S/c1-11(2)9-12(15-6-4-8-22-15)18-16(20)17-10-13(19)14-5-3-7-21-14/h3-8,11-13,19H,9-10H2,1-2H3,(H2,17,18,20). The van der Waals surface area contributed by atoms with Crippen molar-refractivity contribution in [1.29, 1.82) is 0 Å². The number of amides is 2. The second-order valence-electron chi connectivity index (χ2n) is 5.58. The highest BCUT2D eigenvalue weighted by Crippen LogP contribution is 2.25. The van der Waals surface area contributed by atoms with Crippen LogP contribution >= 0.6 is 11.3 Å². The Kier molecular flexibility index (Phi) is 6.03. The quantitative estimate of drug-likeness (QED) is 0.731. The number of hydrogen-bond acceptors (Lipinski definition) is 4. The van der Waals surface area contributed by atoms with E-state index in [1.807, 2.05) is 17.5 Å². The van der Waals surface area contributed by atoms with Crippen molar-refractivity contribution in [3.8, 4) is 0 Å². The Hall–Kier alpha value is -1.79. The van der Waals surface area contributed by atoms with E-state index in [-0.39, 0.29) is 18.6 Å². The molecule has 120 valence electrons. The van der Waals surface area contributed by atoms with Gasteiger partial charge in [0, 0.05) is 4.88 Å². The van der Waals surface area contributed by atoms with Crippen LogP contribution in [-0.2, 0) is 0 Å². The lowest BCUT2D eigenvalue weighted by atomic mass is 10.0. The van der Waals surface area contributed by atoms with Gasteiger partial charge < -0.3 is 20.2 Å². The van der Waals surface area contributed by atoms with Gasteiger partial charge in [0.05, 0.1) is 18.8 Å². The van der Waals surface area contributed by atoms with Gasteiger partial charge in [-0.1, -0.05) is 19.9 Å². The fourth-order valence-electron chi connectivity index (χ4n) is 2.19. The monoisotopic (exact) mass is 322 g/mol. The molecule has 2 heterocycles. The molecule has 0 radical (unpaired) electrons. The number of aliphatic hydroxyl groups is 1. The van der Waals surface area contributed by atoms with Crippen LogP contribution < -0.4 is 10.6 Å². The minimum absolute atomic E-state index is 0.0132. The highest BCUT2D eigenvalue weighted by Gasteiger charge is 2.18. The van der Waals surface area contributed by atoms with E-state index in [1.165, 1.54) is 6.26 Å². The predicted molar refractivity (Wildman–Crippen MR) is 86.7 cm³/mol. The summed E-state index contributed by atoms with van der Waals surface area (Å²) in [5, 5.41) is 17.5. The smallest absolute Gasteiger partial charge is 0.315 e. The van der Waals surface area contributed by atoms with Crippen molar-refractivity contribution in [2.24, 2.45) is 5.92 Å². The van der Waals surface area contributed by atoms with E-state index in [0.717, 1.165) is 11.3 Å². The molecular formula is C16H22N2O3S. The molecule has 0 aliphatic heterocycles. The van der Waals surface area contributed by atoms with Gasteiger partial charge in [0.25, 0.3) is 0 Å². The first kappa shape index (κ1) is 16.6. The molecule has 0 bridgehead atoms. The average Bonchev–Trinajstić information content (AvgIpc) is 3.15. The van der Waals surface area contributed by atoms with Crippen LogP contribution in [0.15, 0.2) is 40.3 Å². The van der Waals surface area contributed by atoms with Crippen molar-refractivity contribution >= 4 is 17.4 Å². The minimum Gasteiger partial charge on any atom is -0.467 e. The molecule has 0 fully saturated rings. The molecule has 2 amide bonds. The second kappa shape index (κ2) is 8.00. The van der Waals surface area contributed by atoms with Crippen molar-refractivity contribution in [2.75, 3.05) is 6.54 Å². The van der Waals surface area contributed by atoms with Crippen LogP contribution in [0.2, 0.25) is 0 Å². The molecule has 0 aliphatic rings. The van der Waals surface area contributed by atoms with Gasteiger partial charge in [-0.25, -0.2) is 4.79 Å². The van der Waals surface area contributed by atoms with Crippen LogP contribution in [0.25, 0.3) is 0 Å². The molecule has 2 rings (SSSR count). The van der Waals surface area contributed by atoms with Crippen molar-refractivity contribution < 1.29 is 14.3 Å². The van der Waals surface area contributed by atoms with E-state index in [0.29, 0.717) is 11.7 Å². The number of rotatable bonds is 7. The molecule has 2 aromatic rings. The van der Waals surface area contributed by atoms with Gasteiger partial charge in [0.1, 0.15) is 11.9 Å². The van der Waals surface area contributed by atoms with E-state index in [4.69, 9.17) is 4.42 Å². The maximum atomic E-state index is 12.0. The maximum Gasteiger partial charge on any atom is 0.315 e. The third kappa shape index (κ3) is 4.89. The Bertz CT molecular complexity index is 552. The van der Waals surface area contributed by atoms with Crippen molar-refractivity contribution in [1.82, 2.24) is 10.6 Å². The zero-order valence-corrected chi connectivity index (χ0v) is 13.6. The highest BCUT2D eigenvalue weighted by atomic mass is 32.1. The lowest BCUT2D eigenvalue weighted by molar-refractivity contribution is 0.147. The average molecular weight is 322 g/mol. The molecule has 22 heavy (non-hydrogen) atoms. The summed E-state index contributed by atoms with van der Waals surface area (Å²) in [4.78, 5) is 13.2. The van der Waals surface area contributed by atoms with Gasteiger partial charge >= 0.3 is 6.03 Å². The number of nitrogens with one attached hydrogen (secondary N) is 2. The molecule has 0 saturated heterocycles. The van der Waals surface area contributed by atoms with E-state index < -0.39 is 6.10 Å². The topological polar surface area (TPSA) is 74.5 Å². The van der Waals surface area contributed by atoms with Gasteiger partial charge in [-0.05, 0) is 35.9 Å². The number of carbonyl (C=O) groups excluding carboxylic acids is 1. The summed E-state index contributed by atoms with van der Waals surface area (Å²) in [6, 6.07) is 7.08. The van der Waals surface area contributed by atoms with Gasteiger partial charge in [-0.15, -0.1) is 11.3 Å². The molecule has 3 N–H and O–H groups in total. The Balaban J connectivity index is 1.85. The largest absolute Gasteiger partial charge is 0.467 e. The fourth-order valence-corrected chi connectivity index (χ4v) is 2.98. The molecule has 0 saturated carbocycles. The summed E-state index contributed by atoms with van der Waals surface area (Å²) in [7, 11) is 0. The normalized spacial score (nSPS) is 13.8. The van der Waals surface area contributed by atoms with E-state index in [2.05, 4.69) is 24.5 Å². The van der Waals surface area contributed by atoms with E-state index in [1.54, 1.807) is 23.5 Å². The van der Waals surface area contributed by atoms with Crippen LogP contribution in [-0.4, -0.2) is 17.7 Å². The number of thiophene rings is 1. The van der Waals surface area contributed by atoms with Crippen LogP contribution in [0.1, 0.15) is 43.1 Å². The minimum atomic E-state index is -0.842. The van der Waals surface area contributed by atoms with Crippen molar-refractivity contribution in [3.05, 3.63) is 46.5 Å². The Morgan fingerprint density at radius 3 is 2.77 bits per heavy atom. The lowest BCUT2D eigenvalue weighted by Crippen LogP contribution is -2.40. The predicted octanol–water partition coefficient (Wildman–Crippen LogP) is 3.46. The van der Waals surface area contributed by atoms with Gasteiger partial charge in [-0.3, -0.25) is 0 Å². The van der Waals surface area contributed by atoms with Gasteiger partial charge in [-0.2, -0.15) is 0 Å². The zero-order chi connectivity index (χ0) is 15.9. The third-order valence-electron chi connectivity index (χ3n) is 3.23. The molecule has 2 aromatic heterocycles. The summed E-state index contributed by atoms with van der Waals surface area (Å²) in [6.45, 7) is 4.36. The maximum absolute atomic E-state index is 12.0. The molecule has 5 nitrogen and oxygen atoms in total. The van der Waals surface area contributed by atoms with Crippen LogP contribution in [0.4, 0.5) is 4.79 Å². The first-order valence-corrected chi connectivity index (χ1v) is 8.23. The number of furan rings is 1. The van der Waals surface area contributed by atoms with E-state index >= 15 is 0 Å². The Labute approximate surface area is 134 Å². The Morgan fingerprint density at radius 2 is 2.18 bits per heavy atom. The molecule has 0 aliphatic carbocycles. The molecule has 6 heteroatoms. The van der Waals surface area contributed by atoms with Crippen molar-refractivity contribution in [2.45, 2.75) is 32.4 Å². The summed E-state index contributed by atoms with van der Waals surface area (Å²) < 4.78 is 5.10. The number of carbonyl (C=O) groups is 1. The first-order chi connectivity index (χ1) is 10.6. The second-order valence-corrected chi connectivity index (χ2v) is 6.56. The lowest BCUT2D eigenvalue weighted by Gasteiger charge is -2.20. The number of hydrogen-bond donors (Lipinski definition) is 3. The third-order valence-corrected chi connectivity index (χ3v) is 4.21. The highest BCUT2D eigenvalue weighted by molar-refractivity contribution is 7.10. The van der Waals surface area contributed by atoms with Crippen LogP contribution in [0, 0.1) is 5.92 Å². The number of urea groups is 1. The number of aliphatic hydroxyl groups excluding tert-OH is 1. The zero-order valence-electron chi connectivity index (χ0n) is 12.8. The van der Waals surface area contributed by atoms with E-state index in [9.17, 15) is 9.90 Å². The summed E-state index contributed by atoms with van der Waals surface area (Å²) in [5.74, 6) is 0.915. The fraction of sp³-hybridized carbons (Fsp3) is 0.438. The first-order valence-electron chi connectivity index (χ1n) is 7.35.